The predicted octanol–water partition coefficient (Wildman–Crippen LogP) is 1.68. The minimum absolute atomic E-state index is 0.297. The molecule has 0 heterocycles. The Morgan fingerprint density at radius 3 is 2.33 bits per heavy atom. The van der Waals surface area contributed by atoms with E-state index in [1.54, 1.807) is 0 Å². The molecule has 2 rings (SSSR count). The molecular weight excluding hydrogens is 232 g/mol. The molecule has 2 saturated carbocycles. The van der Waals surface area contributed by atoms with Gasteiger partial charge in [0.05, 0.1) is 0 Å². The molecule has 2 aliphatic carbocycles. The molecule has 0 bridgehead atoms. The number of rotatable bonds is 5. The summed E-state index contributed by atoms with van der Waals surface area (Å²) in [5, 5.41) is 12.0. The van der Waals surface area contributed by atoms with Crippen molar-refractivity contribution in [2.24, 2.45) is 11.3 Å². The van der Waals surface area contributed by atoms with Crippen LogP contribution in [0.15, 0.2) is 0 Å². The summed E-state index contributed by atoms with van der Waals surface area (Å²) in [6.45, 7) is 3.75. The van der Waals surface area contributed by atoms with Crippen LogP contribution in [0.5, 0.6) is 0 Å². The lowest BCUT2D eigenvalue weighted by atomic mass is 10.0. The molecule has 2 aliphatic rings. The van der Waals surface area contributed by atoms with E-state index < -0.39 is 11.5 Å². The summed E-state index contributed by atoms with van der Waals surface area (Å²) in [7, 11) is 1.53. The first-order valence-electron chi connectivity index (χ1n) is 6.55. The van der Waals surface area contributed by atoms with E-state index in [2.05, 4.69) is 5.32 Å². The van der Waals surface area contributed by atoms with Crippen LogP contribution in [0.3, 0.4) is 0 Å². The maximum atomic E-state index is 12.0. The quantitative estimate of drug-likeness (QED) is 0.784. The summed E-state index contributed by atoms with van der Waals surface area (Å²) >= 11 is 0. The highest BCUT2D eigenvalue weighted by molar-refractivity contribution is 5.85. The minimum atomic E-state index is -1.18. The number of hydrogen-bond acceptors (Lipinski definition) is 2. The summed E-state index contributed by atoms with van der Waals surface area (Å²) in [5.41, 5.74) is -0.843. The fourth-order valence-electron chi connectivity index (χ4n) is 2.35. The molecule has 5 heteroatoms. The number of nitrogens with one attached hydrogen (secondary N) is 1. The topological polar surface area (TPSA) is 69.6 Å². The molecule has 0 aromatic heterocycles. The Balaban J connectivity index is 1.86. The number of carbonyl (C=O) groups is 2. The third kappa shape index (κ3) is 2.31. The highest BCUT2D eigenvalue weighted by atomic mass is 16.4. The Morgan fingerprint density at radius 2 is 1.94 bits per heavy atom. The van der Waals surface area contributed by atoms with Crippen molar-refractivity contribution in [3.05, 3.63) is 0 Å². The van der Waals surface area contributed by atoms with E-state index in [1.165, 1.54) is 51.5 Å². The molecule has 18 heavy (non-hydrogen) atoms. The first-order chi connectivity index (χ1) is 8.29. The van der Waals surface area contributed by atoms with Crippen molar-refractivity contribution in [3.63, 3.8) is 0 Å². The van der Waals surface area contributed by atoms with Gasteiger partial charge in [0.15, 0.2) is 0 Å². The molecule has 0 saturated heterocycles. The maximum absolute atomic E-state index is 12.0. The van der Waals surface area contributed by atoms with Gasteiger partial charge < -0.3 is 15.3 Å². The lowest BCUT2D eigenvalue weighted by Gasteiger charge is -2.32. The largest absolute Gasteiger partial charge is 0.480 e. The molecule has 5 nitrogen and oxygen atoms in total. The van der Waals surface area contributed by atoms with Crippen molar-refractivity contribution in [3.8, 4) is 0 Å². The summed E-state index contributed by atoms with van der Waals surface area (Å²) in [5.74, 6) is -0.209. The van der Waals surface area contributed by atoms with Gasteiger partial charge in [-0.3, -0.25) is 0 Å². The van der Waals surface area contributed by atoms with Crippen molar-refractivity contribution in [1.82, 2.24) is 10.2 Å². The molecule has 0 aromatic rings. The van der Waals surface area contributed by atoms with Crippen LogP contribution in [0.25, 0.3) is 0 Å². The van der Waals surface area contributed by atoms with Gasteiger partial charge in [0, 0.05) is 13.6 Å². The maximum Gasteiger partial charge on any atom is 0.329 e. The normalized spacial score (nSPS) is 21.3. The first-order valence-corrected chi connectivity index (χ1v) is 6.55. The monoisotopic (exact) mass is 254 g/mol. The highest BCUT2D eigenvalue weighted by Gasteiger charge is 2.53. The number of hydrogen-bond donors (Lipinski definition) is 2. The molecule has 0 atom stereocenters. The van der Waals surface area contributed by atoms with E-state index in [0.29, 0.717) is 12.0 Å². The summed E-state index contributed by atoms with van der Waals surface area (Å²) in [6, 6.07) is -0.297. The third-order valence-corrected chi connectivity index (χ3v) is 4.59. The summed E-state index contributed by atoms with van der Waals surface area (Å²) < 4.78 is 0. The van der Waals surface area contributed by atoms with Crippen LogP contribution in [-0.2, 0) is 4.79 Å². The number of nitrogens with zero attached hydrogens (tertiary/aromatic N) is 1. The van der Waals surface area contributed by atoms with E-state index in [4.69, 9.17) is 5.11 Å². The lowest BCUT2D eigenvalue weighted by Crippen LogP contribution is -2.54. The van der Waals surface area contributed by atoms with E-state index >= 15 is 0 Å². The van der Waals surface area contributed by atoms with E-state index in [1.807, 2.05) is 0 Å². The molecule has 2 amide bonds. The zero-order valence-electron chi connectivity index (χ0n) is 11.3. The first kappa shape index (κ1) is 13.2. The second kappa shape index (κ2) is 4.14. The van der Waals surface area contributed by atoms with E-state index in [-0.39, 0.29) is 6.03 Å². The van der Waals surface area contributed by atoms with Gasteiger partial charge in [0.1, 0.15) is 5.54 Å². The average Bonchev–Trinajstić information content (AvgIpc) is 3.15. The van der Waals surface area contributed by atoms with Crippen LogP contribution in [0.2, 0.25) is 0 Å². The second-order valence-electron chi connectivity index (χ2n) is 6.22. The number of likely N-dealkylation sites (N-methyl/N-ethyl adjacent to an activating group) is 1. The van der Waals surface area contributed by atoms with Gasteiger partial charge in [-0.2, -0.15) is 0 Å². The van der Waals surface area contributed by atoms with Gasteiger partial charge in [0.25, 0.3) is 0 Å². The van der Waals surface area contributed by atoms with Crippen LogP contribution in [0.4, 0.5) is 4.79 Å². The number of urea groups is 1. The van der Waals surface area contributed by atoms with Gasteiger partial charge in [-0.15, -0.1) is 0 Å². The molecule has 0 spiro atoms. The number of aliphatic carboxylic acids is 1. The van der Waals surface area contributed by atoms with Crippen molar-refractivity contribution < 1.29 is 14.7 Å². The zero-order chi connectivity index (χ0) is 13.6. The summed E-state index contributed by atoms with van der Waals surface area (Å²) in [6.07, 6.45) is 4.96. The van der Waals surface area contributed by atoms with Crippen molar-refractivity contribution >= 4 is 12.0 Å². The van der Waals surface area contributed by atoms with Crippen LogP contribution in [0, 0.1) is 11.3 Å². The fraction of sp³-hybridized carbons (Fsp3) is 0.846. The molecule has 102 valence electrons. The number of carboxylic acids is 1. The van der Waals surface area contributed by atoms with Gasteiger partial charge in [-0.25, -0.2) is 9.59 Å². The molecule has 0 radical (unpaired) electrons. The SMILES string of the molecule is CN(C(=O)NCC1(C2CC2)CC1)C(C)(C)C(=O)O. The highest BCUT2D eigenvalue weighted by Crippen LogP contribution is 2.60. The van der Waals surface area contributed by atoms with Gasteiger partial charge in [0.2, 0.25) is 0 Å². The molecule has 0 aliphatic heterocycles. The van der Waals surface area contributed by atoms with Crippen LogP contribution in [0.1, 0.15) is 39.5 Å². The molecule has 0 unspecified atom stereocenters. The molecule has 2 N–H and O–H groups in total. The van der Waals surface area contributed by atoms with Crippen molar-refractivity contribution in [2.45, 2.75) is 45.1 Å². The Labute approximate surface area is 108 Å². The molecule has 2 fully saturated rings. The average molecular weight is 254 g/mol. The van der Waals surface area contributed by atoms with Crippen LogP contribution in [-0.4, -0.2) is 41.1 Å². The third-order valence-electron chi connectivity index (χ3n) is 4.59. The van der Waals surface area contributed by atoms with Gasteiger partial charge >= 0.3 is 12.0 Å². The van der Waals surface area contributed by atoms with Gasteiger partial charge in [-0.05, 0) is 50.9 Å². The Kier molecular flexibility index (Phi) is 3.03. The lowest BCUT2D eigenvalue weighted by molar-refractivity contribution is -0.146. The Bertz CT molecular complexity index is 370. The fourth-order valence-corrected chi connectivity index (χ4v) is 2.35. The number of carboxylic acid groups (broad SMARTS) is 1. The number of amides is 2. The molecule has 0 aromatic carbocycles. The standard InChI is InChI=1S/C13H22N2O3/c1-12(2,10(16)17)15(3)11(18)14-8-13(6-7-13)9-4-5-9/h9H,4-8H2,1-3H3,(H,14,18)(H,16,17). The van der Waals surface area contributed by atoms with Crippen LogP contribution >= 0.6 is 0 Å². The zero-order valence-corrected chi connectivity index (χ0v) is 11.3. The smallest absolute Gasteiger partial charge is 0.329 e. The molecular formula is C13H22N2O3. The van der Waals surface area contributed by atoms with E-state index in [0.717, 1.165) is 5.92 Å². The van der Waals surface area contributed by atoms with Crippen molar-refractivity contribution in [2.75, 3.05) is 13.6 Å². The Hall–Kier alpha value is -1.26. The summed E-state index contributed by atoms with van der Waals surface area (Å²) in [4.78, 5) is 24.3. The predicted molar refractivity (Wildman–Crippen MR) is 67.3 cm³/mol. The van der Waals surface area contributed by atoms with Crippen molar-refractivity contribution in [1.29, 1.82) is 0 Å². The van der Waals surface area contributed by atoms with Gasteiger partial charge in [-0.1, -0.05) is 0 Å². The van der Waals surface area contributed by atoms with E-state index in [9.17, 15) is 9.59 Å². The minimum Gasteiger partial charge on any atom is -0.480 e. The second-order valence-corrected chi connectivity index (χ2v) is 6.22. The van der Waals surface area contributed by atoms with Crippen LogP contribution < -0.4 is 5.32 Å². The Morgan fingerprint density at radius 1 is 1.39 bits per heavy atom. The number of carbonyl (C=O) groups excluding carboxylic acids is 1.